The molecule has 0 saturated carbocycles. The molecule has 0 heterocycles. The molecule has 0 bridgehead atoms. The number of rotatable bonds is 5. The van der Waals surface area contributed by atoms with E-state index in [0.717, 1.165) is 0 Å². The summed E-state index contributed by atoms with van der Waals surface area (Å²) in [6.07, 6.45) is -1.09. The number of carboxylic acids is 1. The third-order valence-corrected chi connectivity index (χ3v) is 2.38. The lowest BCUT2D eigenvalue weighted by Gasteiger charge is -2.26. The van der Waals surface area contributed by atoms with Crippen molar-refractivity contribution in [1.29, 1.82) is 0 Å². The molecule has 1 N–H and O–H groups in total. The van der Waals surface area contributed by atoms with Gasteiger partial charge in [0.2, 0.25) is 0 Å². The molecule has 6 heteroatoms. The molecule has 0 spiro atoms. The van der Waals surface area contributed by atoms with Crippen molar-refractivity contribution in [1.82, 2.24) is 0 Å². The van der Waals surface area contributed by atoms with Crippen LogP contribution < -0.4 is 5.11 Å². The number of nitrogens with zero attached hydrogens (tertiary/aromatic N) is 1. The van der Waals surface area contributed by atoms with Gasteiger partial charge in [-0.3, -0.25) is 4.79 Å². The summed E-state index contributed by atoms with van der Waals surface area (Å²) in [5.74, 6) is -1.20. The molecule has 1 aromatic rings. The Labute approximate surface area is 124 Å². The van der Waals surface area contributed by atoms with Gasteiger partial charge in [-0.25, -0.2) is 0 Å². The van der Waals surface area contributed by atoms with Crippen LogP contribution in [0, 0.1) is 0 Å². The van der Waals surface area contributed by atoms with Gasteiger partial charge in [0.25, 0.3) is 5.24 Å². The first-order valence-corrected chi connectivity index (χ1v) is 6.43. The van der Waals surface area contributed by atoms with Crippen LogP contribution in [-0.2, 0) is 4.79 Å². The van der Waals surface area contributed by atoms with E-state index in [1.54, 1.807) is 24.3 Å². The summed E-state index contributed by atoms with van der Waals surface area (Å²) in [4.78, 5) is 20.4. The fraction of sp³-hybridized carbons (Fsp3) is 0.429. The Kier molecular flexibility index (Phi) is 8.06. The number of hydrogen-bond donors (Lipinski definition) is 1. The Morgan fingerprint density at radius 3 is 2.05 bits per heavy atom. The van der Waals surface area contributed by atoms with Crippen LogP contribution in [0.5, 0.6) is 0 Å². The molecule has 1 unspecified atom stereocenters. The van der Waals surface area contributed by atoms with Gasteiger partial charge in [0.15, 0.2) is 0 Å². The Morgan fingerprint density at radius 2 is 1.75 bits per heavy atom. The van der Waals surface area contributed by atoms with Crippen LogP contribution in [-0.4, -0.2) is 54.6 Å². The van der Waals surface area contributed by atoms with Crippen molar-refractivity contribution in [3.63, 3.8) is 0 Å². The van der Waals surface area contributed by atoms with E-state index in [9.17, 15) is 14.7 Å². The minimum Gasteiger partial charge on any atom is -0.550 e. The summed E-state index contributed by atoms with van der Waals surface area (Å²) < 4.78 is 0.550. The second-order valence-electron chi connectivity index (χ2n) is 5.34. The number of hydrogen-bond acceptors (Lipinski definition) is 4. The average molecular weight is 302 g/mol. The summed E-state index contributed by atoms with van der Waals surface area (Å²) >= 11 is 5.16. The van der Waals surface area contributed by atoms with Gasteiger partial charge >= 0.3 is 0 Å². The molecule has 112 valence electrons. The zero-order valence-electron chi connectivity index (χ0n) is 11.9. The van der Waals surface area contributed by atoms with E-state index in [0.29, 0.717) is 16.6 Å². The first-order valence-electron chi connectivity index (χ1n) is 6.05. The lowest BCUT2D eigenvalue weighted by molar-refractivity contribution is -0.873. The lowest BCUT2D eigenvalue weighted by atomic mass is 10.2. The van der Waals surface area contributed by atoms with Crippen molar-refractivity contribution in [2.45, 2.75) is 12.5 Å². The van der Waals surface area contributed by atoms with Crippen molar-refractivity contribution in [2.75, 3.05) is 27.7 Å². The Balaban J connectivity index is 0.000000367. The van der Waals surface area contributed by atoms with Gasteiger partial charge in [-0.15, -0.1) is 0 Å². The summed E-state index contributed by atoms with van der Waals surface area (Å²) in [7, 11) is 5.66. The molecule has 0 amide bonds. The maximum atomic E-state index is 10.4. The van der Waals surface area contributed by atoms with Crippen LogP contribution in [0.4, 0.5) is 0 Å². The predicted molar refractivity (Wildman–Crippen MR) is 75.2 cm³/mol. The van der Waals surface area contributed by atoms with Gasteiger partial charge in [-0.05, 0) is 11.6 Å². The third-order valence-electron chi connectivity index (χ3n) is 2.16. The first kappa shape index (κ1) is 18.6. The van der Waals surface area contributed by atoms with Crippen molar-refractivity contribution < 1.29 is 24.3 Å². The topological polar surface area (TPSA) is 77.4 Å². The van der Waals surface area contributed by atoms with Crippen LogP contribution in [0.15, 0.2) is 30.3 Å². The molecule has 0 aromatic heterocycles. The number of benzene rings is 1. The number of carbonyl (C=O) groups excluding carboxylic acids is 2. The normalized spacial score (nSPS) is 12.1. The standard InChI is InChI=1S/C7H5ClO.C7H15NO3/c8-7(9)6-4-2-1-3-5-6;1-8(2,3)5-6(9)4-7(10)11/h1-5H;6,9H,4-5H2,1-3H3. The van der Waals surface area contributed by atoms with Crippen LogP contribution in [0.1, 0.15) is 16.8 Å². The molecule has 0 aliphatic heterocycles. The number of quaternary nitrogens is 1. The van der Waals surface area contributed by atoms with Gasteiger partial charge in [-0.1, -0.05) is 30.3 Å². The van der Waals surface area contributed by atoms with E-state index >= 15 is 0 Å². The van der Waals surface area contributed by atoms with Crippen molar-refractivity contribution in [3.8, 4) is 0 Å². The number of carbonyl (C=O) groups is 2. The number of likely N-dealkylation sites (N-methyl/N-ethyl adjacent to an activating group) is 1. The Bertz CT molecular complexity index is 429. The quantitative estimate of drug-likeness (QED) is 0.625. The molecular formula is C14H20ClNO4. The Hall–Kier alpha value is -1.43. The molecule has 1 aromatic carbocycles. The van der Waals surface area contributed by atoms with Gasteiger partial charge < -0.3 is 19.5 Å². The summed E-state index contributed by atoms with van der Waals surface area (Å²) in [6, 6.07) is 8.74. The summed E-state index contributed by atoms with van der Waals surface area (Å²) in [5.41, 5.74) is 0.541. The van der Waals surface area contributed by atoms with Crippen molar-refractivity contribution in [3.05, 3.63) is 35.9 Å². The minimum absolute atomic E-state index is 0.282. The first-order chi connectivity index (χ1) is 9.11. The highest BCUT2D eigenvalue weighted by atomic mass is 35.5. The third kappa shape index (κ3) is 10.5. The highest BCUT2D eigenvalue weighted by Gasteiger charge is 2.14. The number of carboxylic acid groups (broad SMARTS) is 1. The summed E-state index contributed by atoms with van der Waals surface area (Å²) in [6.45, 7) is 0.425. The van der Waals surface area contributed by atoms with Crippen LogP contribution in [0.3, 0.4) is 0 Å². The van der Waals surface area contributed by atoms with E-state index in [1.165, 1.54) is 0 Å². The van der Waals surface area contributed by atoms with Gasteiger partial charge in [-0.2, -0.15) is 0 Å². The molecule has 0 saturated heterocycles. The lowest BCUT2D eigenvalue weighted by Crippen LogP contribution is -2.43. The van der Waals surface area contributed by atoms with Gasteiger partial charge in [0, 0.05) is 18.0 Å². The molecule has 20 heavy (non-hydrogen) atoms. The highest BCUT2D eigenvalue weighted by Crippen LogP contribution is 2.01. The second kappa shape index (κ2) is 8.68. The van der Waals surface area contributed by atoms with Crippen LogP contribution in [0.2, 0.25) is 0 Å². The molecular weight excluding hydrogens is 282 g/mol. The minimum atomic E-state index is -1.20. The molecule has 0 aliphatic carbocycles. The zero-order chi connectivity index (χ0) is 15.8. The monoisotopic (exact) mass is 301 g/mol. The molecule has 5 nitrogen and oxygen atoms in total. The fourth-order valence-corrected chi connectivity index (χ4v) is 1.58. The SMILES string of the molecule is C[N+](C)(C)CC(O)CC(=O)[O-].O=C(Cl)c1ccccc1. The maximum absolute atomic E-state index is 10.4. The van der Waals surface area contributed by atoms with Crippen LogP contribution in [0.25, 0.3) is 0 Å². The number of halogens is 1. The summed E-state index contributed by atoms with van der Waals surface area (Å²) in [5, 5.41) is 18.7. The molecule has 0 aliphatic rings. The van der Waals surface area contributed by atoms with E-state index in [2.05, 4.69) is 0 Å². The van der Waals surface area contributed by atoms with Crippen LogP contribution >= 0.6 is 11.6 Å². The van der Waals surface area contributed by atoms with Crippen molar-refractivity contribution in [2.24, 2.45) is 0 Å². The smallest absolute Gasteiger partial charge is 0.252 e. The van der Waals surface area contributed by atoms with Crippen molar-refractivity contribution >= 4 is 22.8 Å². The van der Waals surface area contributed by atoms with Gasteiger partial charge in [0.05, 0.1) is 21.1 Å². The number of aliphatic carboxylic acids is 1. The maximum Gasteiger partial charge on any atom is 0.252 e. The largest absolute Gasteiger partial charge is 0.550 e. The Morgan fingerprint density at radius 1 is 1.25 bits per heavy atom. The highest BCUT2D eigenvalue weighted by molar-refractivity contribution is 6.67. The van der Waals surface area contributed by atoms with E-state index in [4.69, 9.17) is 16.7 Å². The average Bonchev–Trinajstić information content (AvgIpc) is 2.27. The van der Waals surface area contributed by atoms with E-state index < -0.39 is 17.3 Å². The van der Waals surface area contributed by atoms with E-state index in [-0.39, 0.29) is 6.42 Å². The van der Waals surface area contributed by atoms with E-state index in [1.807, 2.05) is 27.2 Å². The molecule has 1 rings (SSSR count). The fourth-order valence-electron chi connectivity index (χ4n) is 1.46. The number of aliphatic hydroxyl groups is 1. The predicted octanol–water partition coefficient (Wildman–Crippen LogP) is 0.259. The second-order valence-corrected chi connectivity index (χ2v) is 5.69. The zero-order valence-corrected chi connectivity index (χ0v) is 12.6. The van der Waals surface area contributed by atoms with Gasteiger partial charge in [0.1, 0.15) is 12.6 Å². The molecule has 0 radical (unpaired) electrons. The molecule has 1 atom stereocenters. The number of aliphatic hydroxyl groups excluding tert-OH is 1. The molecule has 0 fully saturated rings.